The predicted molar refractivity (Wildman–Crippen MR) is 122 cm³/mol. The zero-order chi connectivity index (χ0) is 21.7. The van der Waals surface area contributed by atoms with Gasteiger partial charge < -0.3 is 14.2 Å². The number of rotatable bonds is 10. The zero-order valence-corrected chi connectivity index (χ0v) is 19.7. The van der Waals surface area contributed by atoms with Gasteiger partial charge in [0, 0.05) is 10.8 Å². The van der Waals surface area contributed by atoms with Crippen LogP contribution in [0.1, 0.15) is 52.7 Å². The van der Waals surface area contributed by atoms with E-state index in [1.165, 1.54) is 0 Å². The van der Waals surface area contributed by atoms with Gasteiger partial charge in [0.25, 0.3) is 0 Å². The first-order valence-corrected chi connectivity index (χ1v) is 10.9. The van der Waals surface area contributed by atoms with Crippen molar-refractivity contribution in [3.63, 3.8) is 0 Å². The van der Waals surface area contributed by atoms with Gasteiger partial charge in [0.05, 0.1) is 13.2 Å². The van der Waals surface area contributed by atoms with Crippen LogP contribution in [0.5, 0.6) is 11.5 Å². The first-order chi connectivity index (χ1) is 13.6. The van der Waals surface area contributed by atoms with E-state index in [0.29, 0.717) is 13.2 Å². The summed E-state index contributed by atoms with van der Waals surface area (Å²) in [6.07, 6.45) is 0. The van der Waals surface area contributed by atoms with Crippen molar-refractivity contribution in [2.24, 2.45) is 0 Å². The average molecular weight is 439 g/mol. The van der Waals surface area contributed by atoms with Crippen molar-refractivity contribution in [1.82, 2.24) is 0 Å². The van der Waals surface area contributed by atoms with E-state index in [9.17, 15) is 0 Å². The summed E-state index contributed by atoms with van der Waals surface area (Å²) >= 11 is 13.4. The summed E-state index contributed by atoms with van der Waals surface area (Å²) in [6.45, 7) is 13.4. The molecule has 3 nitrogen and oxygen atoms in total. The fourth-order valence-corrected chi connectivity index (χ4v) is 3.51. The number of hydrogen-bond acceptors (Lipinski definition) is 3. The molecular weight excluding hydrogens is 407 g/mol. The Labute approximate surface area is 185 Å². The molecule has 0 aliphatic heterocycles. The Kier molecular flexibility index (Phi) is 8.28. The molecule has 0 N–H and O–H groups in total. The van der Waals surface area contributed by atoms with Crippen molar-refractivity contribution in [1.29, 1.82) is 0 Å². The Morgan fingerprint density at radius 1 is 0.655 bits per heavy atom. The van der Waals surface area contributed by atoms with E-state index in [4.69, 9.17) is 37.4 Å². The second-order valence-electron chi connectivity index (χ2n) is 8.13. The van der Waals surface area contributed by atoms with Crippen molar-refractivity contribution < 1.29 is 14.2 Å². The fraction of sp³-hybridized carbons (Fsp3) is 0.500. The first kappa shape index (κ1) is 23.9. The second kappa shape index (κ2) is 10.1. The quantitative estimate of drug-likeness (QED) is 0.378. The summed E-state index contributed by atoms with van der Waals surface area (Å²) < 4.78 is 17.2. The third kappa shape index (κ3) is 5.81. The summed E-state index contributed by atoms with van der Waals surface area (Å²) in [5.74, 6) is 1.68. The Morgan fingerprint density at radius 2 is 0.966 bits per heavy atom. The normalized spacial score (nSPS) is 14.3. The molecule has 0 aromatic heterocycles. The minimum Gasteiger partial charge on any atom is -0.494 e. The molecule has 0 fully saturated rings. The van der Waals surface area contributed by atoms with Crippen LogP contribution in [0.2, 0.25) is 0 Å². The molecule has 0 heterocycles. The summed E-state index contributed by atoms with van der Waals surface area (Å²) in [5.41, 5.74) is 0.0325. The van der Waals surface area contributed by atoms with Crippen molar-refractivity contribution in [2.75, 3.05) is 13.2 Å². The van der Waals surface area contributed by atoms with Crippen molar-refractivity contribution in [2.45, 2.75) is 63.5 Å². The molecule has 0 saturated heterocycles. The first-order valence-electron chi connectivity index (χ1n) is 10.0. The van der Waals surface area contributed by atoms with Gasteiger partial charge in [-0.3, -0.25) is 0 Å². The molecule has 0 spiro atoms. The number of alkyl halides is 2. The molecule has 0 aliphatic carbocycles. The second-order valence-corrected chi connectivity index (χ2v) is 8.92. The van der Waals surface area contributed by atoms with E-state index in [1.54, 1.807) is 0 Å². The van der Waals surface area contributed by atoms with Crippen LogP contribution in [0, 0.1) is 0 Å². The lowest BCUT2D eigenvalue weighted by Gasteiger charge is -2.37. The van der Waals surface area contributed by atoms with Gasteiger partial charge >= 0.3 is 0 Å². The SMILES string of the molecule is CCOc1ccc(C(C)(C)C(Cl)OC(Cl)C(C)(C)c2ccc(OCC)cc2)cc1. The highest BCUT2D eigenvalue weighted by molar-refractivity contribution is 6.22. The smallest absolute Gasteiger partial charge is 0.142 e. The van der Waals surface area contributed by atoms with Gasteiger partial charge in [-0.2, -0.15) is 0 Å². The molecule has 2 aromatic rings. The lowest BCUT2D eigenvalue weighted by molar-refractivity contribution is 0.00916. The predicted octanol–water partition coefficient (Wildman–Crippen LogP) is 6.89. The van der Waals surface area contributed by atoms with Gasteiger partial charge in [0.1, 0.15) is 22.6 Å². The van der Waals surface area contributed by atoms with Gasteiger partial charge in [-0.15, -0.1) is 0 Å². The molecule has 2 atom stereocenters. The monoisotopic (exact) mass is 438 g/mol. The Balaban J connectivity index is 2.11. The molecule has 2 unspecified atom stereocenters. The van der Waals surface area contributed by atoms with Gasteiger partial charge in [-0.1, -0.05) is 75.2 Å². The minimum atomic E-state index is -0.607. The van der Waals surface area contributed by atoms with E-state index >= 15 is 0 Å². The van der Waals surface area contributed by atoms with Crippen molar-refractivity contribution >= 4 is 23.2 Å². The lowest BCUT2D eigenvalue weighted by atomic mass is 9.83. The maximum atomic E-state index is 6.70. The van der Waals surface area contributed by atoms with E-state index < -0.39 is 22.0 Å². The Morgan fingerprint density at radius 3 is 1.24 bits per heavy atom. The maximum Gasteiger partial charge on any atom is 0.142 e. The Bertz CT molecular complexity index is 689. The topological polar surface area (TPSA) is 27.7 Å². The standard InChI is InChI=1S/C24H32Cl2O3/c1-7-27-19-13-9-17(10-14-19)23(3,4)21(25)29-22(26)24(5,6)18-11-15-20(16-12-18)28-8-2/h9-16,21-22H,7-8H2,1-6H3. The summed E-state index contributed by atoms with van der Waals surface area (Å²) in [4.78, 5) is 0. The van der Waals surface area contributed by atoms with E-state index in [2.05, 4.69) is 0 Å². The van der Waals surface area contributed by atoms with E-state index in [-0.39, 0.29) is 0 Å². The van der Waals surface area contributed by atoms with Crippen LogP contribution in [0.4, 0.5) is 0 Å². The van der Waals surface area contributed by atoms with Crippen LogP contribution in [-0.4, -0.2) is 24.3 Å². The molecule has 0 bridgehead atoms. The van der Waals surface area contributed by atoms with Crippen LogP contribution in [-0.2, 0) is 15.6 Å². The highest BCUT2D eigenvalue weighted by Crippen LogP contribution is 2.38. The largest absolute Gasteiger partial charge is 0.494 e. The van der Waals surface area contributed by atoms with Crippen LogP contribution >= 0.6 is 23.2 Å². The Hall–Kier alpha value is -1.42. The van der Waals surface area contributed by atoms with Crippen molar-refractivity contribution in [3.8, 4) is 11.5 Å². The van der Waals surface area contributed by atoms with E-state index in [1.807, 2.05) is 90.1 Å². The van der Waals surface area contributed by atoms with Crippen LogP contribution in [0.3, 0.4) is 0 Å². The summed E-state index contributed by atoms with van der Waals surface area (Å²) in [5, 5.41) is 0. The summed E-state index contributed by atoms with van der Waals surface area (Å²) in [7, 11) is 0. The summed E-state index contributed by atoms with van der Waals surface area (Å²) in [6, 6.07) is 15.9. The van der Waals surface area contributed by atoms with Crippen LogP contribution in [0.25, 0.3) is 0 Å². The highest BCUT2D eigenvalue weighted by atomic mass is 35.5. The third-order valence-electron chi connectivity index (χ3n) is 5.19. The molecule has 0 amide bonds. The highest BCUT2D eigenvalue weighted by Gasteiger charge is 2.38. The van der Waals surface area contributed by atoms with E-state index in [0.717, 1.165) is 22.6 Å². The fourth-order valence-electron chi connectivity index (χ4n) is 3.00. The zero-order valence-electron chi connectivity index (χ0n) is 18.2. The minimum absolute atomic E-state index is 0.436. The molecule has 29 heavy (non-hydrogen) atoms. The van der Waals surface area contributed by atoms with Gasteiger partial charge in [-0.05, 0) is 49.2 Å². The van der Waals surface area contributed by atoms with Crippen LogP contribution in [0.15, 0.2) is 48.5 Å². The number of hydrogen-bond donors (Lipinski definition) is 0. The molecule has 0 aliphatic rings. The number of halogens is 2. The average Bonchev–Trinajstić information content (AvgIpc) is 2.69. The number of benzene rings is 2. The molecule has 2 rings (SSSR count). The lowest BCUT2D eigenvalue weighted by Crippen LogP contribution is -2.39. The molecule has 5 heteroatoms. The van der Waals surface area contributed by atoms with Gasteiger partial charge in [0.2, 0.25) is 0 Å². The number of ether oxygens (including phenoxy) is 3. The van der Waals surface area contributed by atoms with Gasteiger partial charge in [-0.25, -0.2) is 0 Å². The van der Waals surface area contributed by atoms with Crippen LogP contribution < -0.4 is 9.47 Å². The molecule has 0 radical (unpaired) electrons. The molecule has 2 aromatic carbocycles. The molecular formula is C24H32Cl2O3. The third-order valence-corrected chi connectivity index (χ3v) is 6.49. The van der Waals surface area contributed by atoms with Crippen molar-refractivity contribution in [3.05, 3.63) is 59.7 Å². The molecule has 160 valence electrons. The van der Waals surface area contributed by atoms with Gasteiger partial charge in [0.15, 0.2) is 0 Å². The molecule has 0 saturated carbocycles. The maximum absolute atomic E-state index is 6.70.